The van der Waals surface area contributed by atoms with Crippen LogP contribution in [-0.4, -0.2) is 17.1 Å². The lowest BCUT2D eigenvalue weighted by molar-refractivity contribution is 0.250. The maximum Gasteiger partial charge on any atom is 0.319 e. The Kier molecular flexibility index (Phi) is 4.87. The monoisotopic (exact) mass is 361 g/mol. The molecule has 3 rings (SSSR count). The molecule has 5 nitrogen and oxygen atoms in total. The highest BCUT2D eigenvalue weighted by Crippen LogP contribution is 2.32. The Morgan fingerprint density at radius 2 is 1.96 bits per heavy atom. The first-order valence-corrected chi connectivity index (χ1v) is 8.60. The van der Waals surface area contributed by atoms with Crippen LogP contribution >= 0.6 is 22.9 Å². The van der Waals surface area contributed by atoms with Crippen molar-refractivity contribution in [3.05, 3.63) is 47.5 Å². The number of aromatic nitrogens is 1. The third kappa shape index (κ3) is 4.15. The van der Waals surface area contributed by atoms with Crippen molar-refractivity contribution in [3.8, 4) is 10.9 Å². The van der Waals surface area contributed by atoms with E-state index in [1.807, 2.05) is 26.0 Å². The fraction of sp³-hybridized carbons (Fsp3) is 0.176. The maximum atomic E-state index is 11.7. The third-order valence-corrected chi connectivity index (χ3v) is 4.22. The Morgan fingerprint density at radius 3 is 2.67 bits per heavy atom. The maximum absolute atomic E-state index is 11.7. The van der Waals surface area contributed by atoms with Crippen molar-refractivity contribution in [2.75, 3.05) is 5.32 Å². The molecule has 24 heavy (non-hydrogen) atoms. The van der Waals surface area contributed by atoms with Crippen LogP contribution in [0.15, 0.2) is 42.5 Å². The highest BCUT2D eigenvalue weighted by molar-refractivity contribution is 7.20. The zero-order valence-corrected chi connectivity index (χ0v) is 14.7. The van der Waals surface area contributed by atoms with E-state index in [0.29, 0.717) is 21.7 Å². The fourth-order valence-corrected chi connectivity index (χ4v) is 3.04. The smallest absolute Gasteiger partial charge is 0.319 e. The molecule has 0 saturated heterocycles. The normalized spacial score (nSPS) is 10.8. The van der Waals surface area contributed by atoms with Crippen LogP contribution in [0.3, 0.4) is 0 Å². The number of carbonyl (C=O) groups is 1. The van der Waals surface area contributed by atoms with E-state index < -0.39 is 0 Å². The molecule has 1 heterocycles. The van der Waals surface area contributed by atoms with Crippen LogP contribution in [0, 0.1) is 0 Å². The van der Waals surface area contributed by atoms with Crippen molar-refractivity contribution < 1.29 is 9.53 Å². The molecular weight excluding hydrogens is 346 g/mol. The van der Waals surface area contributed by atoms with Gasteiger partial charge in [0.05, 0.1) is 10.2 Å². The zero-order chi connectivity index (χ0) is 17.1. The largest absolute Gasteiger partial charge is 0.431 e. The molecule has 7 heteroatoms. The van der Waals surface area contributed by atoms with E-state index in [0.717, 1.165) is 10.2 Å². The molecule has 0 aliphatic carbocycles. The number of halogens is 1. The Labute approximate surface area is 148 Å². The number of thiazole rings is 1. The molecule has 0 unspecified atom stereocenters. The topological polar surface area (TPSA) is 63.2 Å². The van der Waals surface area contributed by atoms with Crippen LogP contribution in [0.1, 0.15) is 13.8 Å². The third-order valence-electron chi connectivity index (χ3n) is 3.07. The summed E-state index contributed by atoms with van der Waals surface area (Å²) in [5.41, 5.74) is 1.50. The second-order valence-corrected chi connectivity index (χ2v) is 6.90. The molecule has 0 aliphatic heterocycles. The van der Waals surface area contributed by atoms with Gasteiger partial charge in [0.2, 0.25) is 0 Å². The van der Waals surface area contributed by atoms with Gasteiger partial charge in [-0.25, -0.2) is 9.78 Å². The number of anilines is 1. The first-order chi connectivity index (χ1) is 11.5. The van der Waals surface area contributed by atoms with Gasteiger partial charge in [0.1, 0.15) is 5.75 Å². The first-order valence-electron chi connectivity index (χ1n) is 7.41. The molecule has 3 aromatic rings. The van der Waals surface area contributed by atoms with Gasteiger partial charge in [-0.2, -0.15) is 0 Å². The van der Waals surface area contributed by atoms with Crippen molar-refractivity contribution in [2.24, 2.45) is 0 Å². The number of urea groups is 1. The standard InChI is InChI=1S/C17H16ClN3O2S/c1-10(2)19-16(22)20-12-4-6-13(7-5-12)23-17-21-14-9-11(18)3-8-15(14)24-17/h3-10H,1-2H3,(H2,19,20,22). The minimum absolute atomic E-state index is 0.0835. The molecule has 2 amide bonds. The molecule has 0 bridgehead atoms. The van der Waals surface area contributed by atoms with Crippen LogP contribution < -0.4 is 15.4 Å². The van der Waals surface area contributed by atoms with Gasteiger partial charge >= 0.3 is 6.03 Å². The second kappa shape index (κ2) is 7.07. The lowest BCUT2D eigenvalue weighted by atomic mass is 10.3. The van der Waals surface area contributed by atoms with E-state index in [-0.39, 0.29) is 12.1 Å². The Hall–Kier alpha value is -2.31. The number of nitrogens with zero attached hydrogens (tertiary/aromatic N) is 1. The SMILES string of the molecule is CC(C)NC(=O)Nc1ccc(Oc2nc3cc(Cl)ccc3s2)cc1. The van der Waals surface area contributed by atoms with Gasteiger partial charge in [-0.1, -0.05) is 22.9 Å². The van der Waals surface area contributed by atoms with Gasteiger partial charge in [-0.05, 0) is 56.3 Å². The van der Waals surface area contributed by atoms with Crippen molar-refractivity contribution in [2.45, 2.75) is 19.9 Å². The summed E-state index contributed by atoms with van der Waals surface area (Å²) in [5.74, 6) is 0.648. The summed E-state index contributed by atoms with van der Waals surface area (Å²) in [5, 5.41) is 6.72. The number of fused-ring (bicyclic) bond motifs is 1. The first kappa shape index (κ1) is 16.5. The van der Waals surface area contributed by atoms with E-state index in [2.05, 4.69) is 15.6 Å². The number of benzene rings is 2. The molecule has 1 aromatic heterocycles. The predicted molar refractivity (Wildman–Crippen MR) is 98.4 cm³/mol. The Balaban J connectivity index is 1.67. The summed E-state index contributed by atoms with van der Waals surface area (Å²) in [6, 6.07) is 12.5. The van der Waals surface area contributed by atoms with E-state index in [4.69, 9.17) is 16.3 Å². The number of amides is 2. The highest BCUT2D eigenvalue weighted by Gasteiger charge is 2.07. The highest BCUT2D eigenvalue weighted by atomic mass is 35.5. The number of hydrogen-bond acceptors (Lipinski definition) is 4. The van der Waals surface area contributed by atoms with E-state index >= 15 is 0 Å². The molecule has 2 N–H and O–H groups in total. The van der Waals surface area contributed by atoms with Crippen LogP contribution in [0.2, 0.25) is 5.02 Å². The van der Waals surface area contributed by atoms with Crippen LogP contribution in [0.5, 0.6) is 10.9 Å². The van der Waals surface area contributed by atoms with Crippen LogP contribution in [0.25, 0.3) is 10.2 Å². The van der Waals surface area contributed by atoms with Gasteiger partial charge in [-0.15, -0.1) is 0 Å². The van der Waals surface area contributed by atoms with Crippen molar-refractivity contribution in [3.63, 3.8) is 0 Å². The number of ether oxygens (including phenoxy) is 1. The predicted octanol–water partition coefficient (Wildman–Crippen LogP) is 5.27. The van der Waals surface area contributed by atoms with Crippen molar-refractivity contribution in [1.29, 1.82) is 0 Å². The minimum atomic E-state index is -0.235. The molecule has 0 aliphatic rings. The molecule has 0 spiro atoms. The average molecular weight is 362 g/mol. The Morgan fingerprint density at radius 1 is 1.21 bits per heavy atom. The summed E-state index contributed by atoms with van der Waals surface area (Å²) in [4.78, 5) is 16.1. The summed E-state index contributed by atoms with van der Waals surface area (Å²) in [6.45, 7) is 3.81. The zero-order valence-electron chi connectivity index (χ0n) is 13.2. The fourth-order valence-electron chi connectivity index (χ4n) is 2.06. The molecular formula is C17H16ClN3O2S. The number of hydrogen-bond donors (Lipinski definition) is 2. The number of nitrogens with one attached hydrogen (secondary N) is 2. The summed E-state index contributed by atoms with van der Waals surface area (Å²) in [7, 11) is 0. The molecule has 0 radical (unpaired) electrons. The Bertz CT molecular complexity index is 862. The molecule has 0 fully saturated rings. The summed E-state index contributed by atoms with van der Waals surface area (Å²) >= 11 is 7.41. The van der Waals surface area contributed by atoms with Crippen LogP contribution in [-0.2, 0) is 0 Å². The van der Waals surface area contributed by atoms with Crippen LogP contribution in [0.4, 0.5) is 10.5 Å². The number of carbonyl (C=O) groups excluding carboxylic acids is 1. The van der Waals surface area contributed by atoms with Gasteiger partial charge in [0.25, 0.3) is 5.19 Å². The summed E-state index contributed by atoms with van der Waals surface area (Å²) < 4.78 is 6.78. The van der Waals surface area contributed by atoms with E-state index in [1.165, 1.54) is 11.3 Å². The lowest BCUT2D eigenvalue weighted by Gasteiger charge is -2.10. The van der Waals surface area contributed by atoms with E-state index in [1.54, 1.807) is 30.3 Å². The lowest BCUT2D eigenvalue weighted by Crippen LogP contribution is -2.34. The molecule has 2 aromatic carbocycles. The quantitative estimate of drug-likeness (QED) is 0.665. The average Bonchev–Trinajstić information content (AvgIpc) is 2.89. The van der Waals surface area contributed by atoms with Crippen molar-refractivity contribution >= 4 is 44.9 Å². The molecule has 0 saturated carbocycles. The van der Waals surface area contributed by atoms with Gasteiger partial charge in [0.15, 0.2) is 0 Å². The minimum Gasteiger partial charge on any atom is -0.431 e. The van der Waals surface area contributed by atoms with Crippen molar-refractivity contribution in [1.82, 2.24) is 10.3 Å². The second-order valence-electron chi connectivity index (χ2n) is 5.47. The van der Waals surface area contributed by atoms with Gasteiger partial charge in [-0.3, -0.25) is 0 Å². The van der Waals surface area contributed by atoms with Gasteiger partial charge < -0.3 is 15.4 Å². The van der Waals surface area contributed by atoms with Gasteiger partial charge in [0, 0.05) is 16.8 Å². The number of rotatable bonds is 4. The molecule has 0 atom stereocenters. The summed E-state index contributed by atoms with van der Waals surface area (Å²) in [6.07, 6.45) is 0. The molecule has 124 valence electrons. The van der Waals surface area contributed by atoms with E-state index in [9.17, 15) is 4.79 Å².